The predicted molar refractivity (Wildman–Crippen MR) is 99.6 cm³/mol. The van der Waals surface area contributed by atoms with Gasteiger partial charge in [0.2, 0.25) is 0 Å². The number of carbonyl (C=O) groups excluding carboxylic acids is 2. The van der Waals surface area contributed by atoms with Crippen LogP contribution >= 0.6 is 38.5 Å². The summed E-state index contributed by atoms with van der Waals surface area (Å²) in [6.07, 6.45) is -0.278. The molecular formula is C17H13BrINO3. The molecule has 0 saturated heterocycles. The minimum absolute atomic E-state index is 0.265. The van der Waals surface area contributed by atoms with Gasteiger partial charge in [-0.3, -0.25) is 9.59 Å². The first-order chi connectivity index (χ1) is 10.8. The monoisotopic (exact) mass is 485 g/mol. The second-order valence-corrected chi connectivity index (χ2v) is 7.65. The zero-order valence-corrected chi connectivity index (χ0v) is 16.0. The smallest absolute Gasteiger partial charge is 0.263 e. The highest BCUT2D eigenvalue weighted by atomic mass is 127. The first-order valence-corrected chi connectivity index (χ1v) is 8.79. The Morgan fingerprint density at radius 2 is 1.91 bits per heavy atom. The number of halogens is 2. The molecule has 2 aromatic rings. The third-order valence-electron chi connectivity index (χ3n) is 4.01. The van der Waals surface area contributed by atoms with Crippen molar-refractivity contribution in [2.75, 3.05) is 11.9 Å². The lowest BCUT2D eigenvalue weighted by atomic mass is 9.88. The SMILES string of the molecule is CN1C(=O)C(O)(CC(=O)c2ccc(I)cc2)c2cc(Br)ccc21. The summed E-state index contributed by atoms with van der Waals surface area (Å²) in [5.41, 5.74) is -0.263. The van der Waals surface area contributed by atoms with Crippen LogP contribution < -0.4 is 4.90 Å². The fraction of sp³-hybridized carbons (Fsp3) is 0.176. The Bertz CT molecular complexity index is 806. The number of carbonyl (C=O) groups is 2. The average molecular weight is 486 g/mol. The summed E-state index contributed by atoms with van der Waals surface area (Å²) in [6, 6.07) is 12.3. The number of anilines is 1. The van der Waals surface area contributed by atoms with Gasteiger partial charge in [-0.1, -0.05) is 28.1 Å². The van der Waals surface area contributed by atoms with Crippen LogP contribution in [0.4, 0.5) is 5.69 Å². The fourth-order valence-electron chi connectivity index (χ4n) is 2.78. The molecule has 0 fully saturated rings. The highest BCUT2D eigenvalue weighted by Crippen LogP contribution is 2.43. The van der Waals surface area contributed by atoms with Crippen LogP contribution in [0.2, 0.25) is 0 Å². The Balaban J connectivity index is 1.98. The number of fused-ring (bicyclic) bond motifs is 1. The molecule has 3 rings (SSSR count). The Hall–Kier alpha value is -1.25. The zero-order chi connectivity index (χ0) is 16.8. The van der Waals surface area contributed by atoms with Gasteiger partial charge < -0.3 is 10.0 Å². The van der Waals surface area contributed by atoms with Crippen molar-refractivity contribution in [1.82, 2.24) is 0 Å². The van der Waals surface area contributed by atoms with Crippen molar-refractivity contribution in [2.45, 2.75) is 12.0 Å². The van der Waals surface area contributed by atoms with E-state index in [1.807, 2.05) is 12.1 Å². The molecule has 0 bridgehead atoms. The van der Waals surface area contributed by atoms with Gasteiger partial charge in [-0.05, 0) is 52.9 Å². The van der Waals surface area contributed by atoms with Gasteiger partial charge in [0.05, 0.1) is 12.1 Å². The standard InChI is InChI=1S/C17H13BrINO3/c1-20-14-7-4-11(18)8-13(14)17(23,16(20)22)9-15(21)10-2-5-12(19)6-3-10/h2-8,23H,9H2,1H3. The lowest BCUT2D eigenvalue weighted by Crippen LogP contribution is -2.40. The molecular weight excluding hydrogens is 473 g/mol. The molecule has 1 unspecified atom stereocenters. The van der Waals surface area contributed by atoms with Crippen molar-refractivity contribution < 1.29 is 14.7 Å². The van der Waals surface area contributed by atoms with E-state index < -0.39 is 11.5 Å². The van der Waals surface area contributed by atoms with E-state index in [4.69, 9.17) is 0 Å². The van der Waals surface area contributed by atoms with Crippen LogP contribution in [0, 0.1) is 3.57 Å². The van der Waals surface area contributed by atoms with E-state index in [1.165, 1.54) is 4.90 Å². The topological polar surface area (TPSA) is 57.6 Å². The summed E-state index contributed by atoms with van der Waals surface area (Å²) in [4.78, 5) is 26.4. The summed E-state index contributed by atoms with van der Waals surface area (Å²) < 4.78 is 1.77. The van der Waals surface area contributed by atoms with Crippen LogP contribution in [0.5, 0.6) is 0 Å². The quantitative estimate of drug-likeness (QED) is 0.534. The largest absolute Gasteiger partial charge is 0.375 e. The molecule has 1 atom stereocenters. The fourth-order valence-corrected chi connectivity index (χ4v) is 3.50. The lowest BCUT2D eigenvalue weighted by Gasteiger charge is -2.21. The van der Waals surface area contributed by atoms with Gasteiger partial charge in [0.25, 0.3) is 5.91 Å². The molecule has 1 aliphatic heterocycles. The Kier molecular flexibility index (Phi) is 4.33. The Morgan fingerprint density at radius 1 is 1.26 bits per heavy atom. The van der Waals surface area contributed by atoms with Crippen molar-refractivity contribution in [3.63, 3.8) is 0 Å². The van der Waals surface area contributed by atoms with Crippen LogP contribution in [0.3, 0.4) is 0 Å². The van der Waals surface area contributed by atoms with Crippen LogP contribution in [0.25, 0.3) is 0 Å². The van der Waals surface area contributed by atoms with E-state index in [-0.39, 0.29) is 12.2 Å². The van der Waals surface area contributed by atoms with E-state index >= 15 is 0 Å². The minimum Gasteiger partial charge on any atom is -0.375 e. The molecule has 0 aromatic heterocycles. The summed E-state index contributed by atoms with van der Waals surface area (Å²) >= 11 is 5.50. The second kappa shape index (κ2) is 5.99. The van der Waals surface area contributed by atoms with Crippen molar-refractivity contribution in [3.8, 4) is 0 Å². The van der Waals surface area contributed by atoms with E-state index in [1.54, 1.807) is 37.4 Å². The Morgan fingerprint density at radius 3 is 2.57 bits per heavy atom. The van der Waals surface area contributed by atoms with Crippen molar-refractivity contribution in [1.29, 1.82) is 0 Å². The normalized spacial score (nSPS) is 19.8. The summed E-state index contributed by atoms with van der Waals surface area (Å²) in [5, 5.41) is 11.0. The lowest BCUT2D eigenvalue weighted by molar-refractivity contribution is -0.135. The van der Waals surface area contributed by atoms with Gasteiger partial charge in [-0.15, -0.1) is 0 Å². The van der Waals surface area contributed by atoms with Crippen LogP contribution in [0.1, 0.15) is 22.3 Å². The number of rotatable bonds is 3. The number of nitrogens with zero attached hydrogens (tertiary/aromatic N) is 1. The van der Waals surface area contributed by atoms with E-state index in [2.05, 4.69) is 38.5 Å². The highest BCUT2D eigenvalue weighted by molar-refractivity contribution is 14.1. The summed E-state index contributed by atoms with van der Waals surface area (Å²) in [5.74, 6) is -0.747. The van der Waals surface area contributed by atoms with Crippen LogP contribution in [-0.4, -0.2) is 23.8 Å². The molecule has 1 N–H and O–H groups in total. The van der Waals surface area contributed by atoms with Crippen molar-refractivity contribution in [2.24, 2.45) is 0 Å². The number of hydrogen-bond acceptors (Lipinski definition) is 3. The van der Waals surface area contributed by atoms with Gasteiger partial charge in [-0.25, -0.2) is 0 Å². The maximum atomic E-state index is 12.5. The molecule has 118 valence electrons. The van der Waals surface area contributed by atoms with Gasteiger partial charge in [-0.2, -0.15) is 0 Å². The molecule has 1 amide bonds. The molecule has 4 nitrogen and oxygen atoms in total. The number of amides is 1. The molecule has 0 saturated carbocycles. The number of ketones is 1. The van der Waals surface area contributed by atoms with E-state index in [0.717, 1.165) is 8.04 Å². The molecule has 0 aliphatic carbocycles. The van der Waals surface area contributed by atoms with Crippen LogP contribution in [0.15, 0.2) is 46.9 Å². The van der Waals surface area contributed by atoms with E-state index in [9.17, 15) is 14.7 Å². The first-order valence-electron chi connectivity index (χ1n) is 6.92. The van der Waals surface area contributed by atoms with Gasteiger partial charge in [0.1, 0.15) is 0 Å². The average Bonchev–Trinajstić information content (AvgIpc) is 2.70. The highest BCUT2D eigenvalue weighted by Gasteiger charge is 2.49. The number of hydrogen-bond donors (Lipinski definition) is 1. The minimum atomic E-state index is -1.83. The Labute approximate surface area is 155 Å². The molecule has 23 heavy (non-hydrogen) atoms. The summed E-state index contributed by atoms with van der Waals surface area (Å²) in [6.45, 7) is 0. The maximum absolute atomic E-state index is 12.5. The molecule has 0 spiro atoms. The third kappa shape index (κ3) is 2.83. The van der Waals surface area contributed by atoms with Crippen molar-refractivity contribution >= 4 is 55.9 Å². The molecule has 1 heterocycles. The van der Waals surface area contributed by atoms with Gasteiger partial charge in [0, 0.05) is 26.2 Å². The molecule has 1 aliphatic rings. The second-order valence-electron chi connectivity index (χ2n) is 5.49. The third-order valence-corrected chi connectivity index (χ3v) is 5.22. The molecule has 6 heteroatoms. The first kappa shape index (κ1) is 16.6. The molecule has 2 aromatic carbocycles. The predicted octanol–water partition coefficient (Wildman–Crippen LogP) is 3.49. The number of aliphatic hydroxyl groups is 1. The van der Waals surface area contributed by atoms with Crippen LogP contribution in [-0.2, 0) is 10.4 Å². The number of benzene rings is 2. The van der Waals surface area contributed by atoms with E-state index in [0.29, 0.717) is 16.8 Å². The zero-order valence-electron chi connectivity index (χ0n) is 12.2. The van der Waals surface area contributed by atoms with Gasteiger partial charge in [0.15, 0.2) is 11.4 Å². The van der Waals surface area contributed by atoms with Gasteiger partial charge >= 0.3 is 0 Å². The maximum Gasteiger partial charge on any atom is 0.263 e. The number of likely N-dealkylation sites (N-methyl/N-ethyl adjacent to an activating group) is 1. The number of Topliss-reactive ketones (excluding diaryl/α,β-unsaturated/α-hetero) is 1. The van der Waals surface area contributed by atoms with Crippen molar-refractivity contribution in [3.05, 3.63) is 61.6 Å². The molecule has 0 radical (unpaired) electrons. The summed E-state index contributed by atoms with van der Waals surface area (Å²) in [7, 11) is 1.60.